The summed E-state index contributed by atoms with van der Waals surface area (Å²) in [4.78, 5) is 22.6. The fraction of sp³-hybridized carbons (Fsp3) is 0.667. The van der Waals surface area contributed by atoms with Crippen molar-refractivity contribution < 1.29 is 19.1 Å². The molecule has 2 fully saturated rings. The molecule has 88 valence electrons. The van der Waals surface area contributed by atoms with E-state index in [0.717, 1.165) is 19.3 Å². The molecule has 0 bridgehead atoms. The van der Waals surface area contributed by atoms with Gasteiger partial charge >= 0.3 is 11.9 Å². The molecule has 0 amide bonds. The van der Waals surface area contributed by atoms with Gasteiger partial charge in [-0.05, 0) is 19.3 Å². The highest BCUT2D eigenvalue weighted by atomic mass is 16.6. The van der Waals surface area contributed by atoms with Crippen LogP contribution in [0.25, 0.3) is 0 Å². The van der Waals surface area contributed by atoms with Crippen LogP contribution in [0.4, 0.5) is 0 Å². The molecular formula is C12H16O4. The molecule has 3 unspecified atom stereocenters. The highest BCUT2D eigenvalue weighted by Gasteiger charge is 2.46. The maximum Gasteiger partial charge on any atom is 0.334 e. The van der Waals surface area contributed by atoms with E-state index in [9.17, 15) is 9.59 Å². The molecule has 1 heterocycles. The summed E-state index contributed by atoms with van der Waals surface area (Å²) in [6.45, 7) is 5.49. The maximum absolute atomic E-state index is 11.4. The lowest BCUT2D eigenvalue weighted by molar-refractivity contribution is -0.165. The number of esters is 2. The average molecular weight is 224 g/mol. The van der Waals surface area contributed by atoms with Crippen LogP contribution in [0, 0.1) is 5.92 Å². The number of rotatable bonds is 2. The van der Waals surface area contributed by atoms with Crippen molar-refractivity contribution in [1.29, 1.82) is 0 Å². The van der Waals surface area contributed by atoms with Gasteiger partial charge in [0.05, 0.1) is 0 Å². The van der Waals surface area contributed by atoms with Gasteiger partial charge in [-0.15, -0.1) is 0 Å². The monoisotopic (exact) mass is 224 g/mol. The lowest BCUT2D eigenvalue weighted by Crippen LogP contribution is -2.38. The third-order valence-corrected chi connectivity index (χ3v) is 3.29. The molecule has 1 aliphatic carbocycles. The fourth-order valence-electron chi connectivity index (χ4n) is 2.39. The van der Waals surface area contributed by atoms with E-state index < -0.39 is 0 Å². The van der Waals surface area contributed by atoms with Crippen LogP contribution in [0.2, 0.25) is 0 Å². The first-order valence-electron chi connectivity index (χ1n) is 5.72. The molecule has 0 N–H and O–H groups in total. The summed E-state index contributed by atoms with van der Waals surface area (Å²) in [6.07, 6.45) is 2.38. The van der Waals surface area contributed by atoms with Crippen molar-refractivity contribution in [2.24, 2.45) is 5.92 Å². The summed E-state index contributed by atoms with van der Waals surface area (Å²) in [5.41, 5.74) is 0.530. The topological polar surface area (TPSA) is 52.6 Å². The van der Waals surface area contributed by atoms with Gasteiger partial charge in [0, 0.05) is 17.9 Å². The van der Waals surface area contributed by atoms with Crippen LogP contribution in [0.5, 0.6) is 0 Å². The Hall–Kier alpha value is -1.32. The molecule has 0 spiro atoms. The van der Waals surface area contributed by atoms with Crippen LogP contribution in [-0.2, 0) is 19.1 Å². The lowest BCUT2D eigenvalue weighted by atomic mass is 9.82. The molecule has 0 aromatic carbocycles. The van der Waals surface area contributed by atoms with E-state index in [1.807, 2.05) is 0 Å². The quantitative estimate of drug-likeness (QED) is 0.528. The van der Waals surface area contributed by atoms with Gasteiger partial charge in [0.2, 0.25) is 0 Å². The van der Waals surface area contributed by atoms with E-state index in [1.54, 1.807) is 6.92 Å². The van der Waals surface area contributed by atoms with Crippen molar-refractivity contribution in [3.8, 4) is 0 Å². The first-order valence-corrected chi connectivity index (χ1v) is 5.72. The molecule has 2 aliphatic rings. The predicted molar refractivity (Wildman–Crippen MR) is 56.5 cm³/mol. The average Bonchev–Trinajstić information content (AvgIpc) is 2.57. The molecule has 0 aromatic rings. The van der Waals surface area contributed by atoms with Gasteiger partial charge in [-0.3, -0.25) is 4.79 Å². The molecular weight excluding hydrogens is 208 g/mol. The van der Waals surface area contributed by atoms with Gasteiger partial charge in [0.15, 0.2) is 0 Å². The summed E-state index contributed by atoms with van der Waals surface area (Å²) in [5.74, 6) is -0.537. The van der Waals surface area contributed by atoms with Crippen molar-refractivity contribution >= 4 is 11.9 Å². The molecule has 1 saturated heterocycles. The number of ether oxygens (including phenoxy) is 2. The second kappa shape index (κ2) is 4.28. The van der Waals surface area contributed by atoms with Gasteiger partial charge in [-0.1, -0.05) is 13.5 Å². The summed E-state index contributed by atoms with van der Waals surface area (Å²) in [5, 5.41) is 0. The van der Waals surface area contributed by atoms with Crippen molar-refractivity contribution in [2.45, 2.75) is 44.8 Å². The third kappa shape index (κ3) is 1.84. The van der Waals surface area contributed by atoms with Crippen LogP contribution >= 0.6 is 0 Å². The van der Waals surface area contributed by atoms with Gasteiger partial charge in [-0.2, -0.15) is 0 Å². The Morgan fingerprint density at radius 2 is 2.31 bits per heavy atom. The highest BCUT2D eigenvalue weighted by molar-refractivity contribution is 5.91. The number of hydrogen-bond acceptors (Lipinski definition) is 4. The van der Waals surface area contributed by atoms with Gasteiger partial charge < -0.3 is 9.47 Å². The van der Waals surface area contributed by atoms with Crippen molar-refractivity contribution in [3.05, 3.63) is 12.2 Å². The lowest BCUT2D eigenvalue weighted by Gasteiger charge is -2.31. The number of carbonyl (C=O) groups is 2. The Morgan fingerprint density at radius 1 is 1.56 bits per heavy atom. The first-order chi connectivity index (χ1) is 7.63. The van der Waals surface area contributed by atoms with Gasteiger partial charge in [0.1, 0.15) is 12.2 Å². The third-order valence-electron chi connectivity index (χ3n) is 3.29. The molecule has 4 heteroatoms. The Balaban J connectivity index is 2.07. The maximum atomic E-state index is 11.4. The van der Waals surface area contributed by atoms with Crippen LogP contribution in [-0.4, -0.2) is 24.1 Å². The zero-order valence-corrected chi connectivity index (χ0v) is 9.40. The Bertz CT molecular complexity index is 334. The van der Waals surface area contributed by atoms with Crippen LogP contribution in [0.15, 0.2) is 12.2 Å². The predicted octanol–water partition coefficient (Wildman–Crippen LogP) is 1.59. The van der Waals surface area contributed by atoms with Crippen molar-refractivity contribution in [2.75, 3.05) is 0 Å². The molecule has 1 saturated carbocycles. The fourth-order valence-corrected chi connectivity index (χ4v) is 2.39. The van der Waals surface area contributed by atoms with E-state index >= 15 is 0 Å². The molecule has 4 nitrogen and oxygen atoms in total. The van der Waals surface area contributed by atoms with E-state index in [1.165, 1.54) is 0 Å². The van der Waals surface area contributed by atoms with E-state index in [-0.39, 0.29) is 30.1 Å². The SMILES string of the molecule is C=C1C(=O)OC2C(OC(=O)CC)CCCC12. The highest BCUT2D eigenvalue weighted by Crippen LogP contribution is 2.39. The number of hydrogen-bond donors (Lipinski definition) is 0. The molecule has 0 radical (unpaired) electrons. The van der Waals surface area contributed by atoms with Crippen molar-refractivity contribution in [3.63, 3.8) is 0 Å². The summed E-state index contributed by atoms with van der Waals surface area (Å²) < 4.78 is 10.5. The Labute approximate surface area is 94.6 Å². The van der Waals surface area contributed by atoms with Crippen LogP contribution in [0.1, 0.15) is 32.6 Å². The Kier molecular flexibility index (Phi) is 2.99. The second-order valence-electron chi connectivity index (χ2n) is 4.31. The summed E-state index contributed by atoms with van der Waals surface area (Å²) >= 11 is 0. The minimum Gasteiger partial charge on any atom is -0.458 e. The molecule has 16 heavy (non-hydrogen) atoms. The summed E-state index contributed by atoms with van der Waals surface area (Å²) in [6, 6.07) is 0. The van der Waals surface area contributed by atoms with Crippen LogP contribution in [0.3, 0.4) is 0 Å². The van der Waals surface area contributed by atoms with E-state index in [4.69, 9.17) is 9.47 Å². The standard InChI is InChI=1S/C12H16O4/c1-3-10(13)15-9-6-4-5-8-7(2)12(14)16-11(8)9/h8-9,11H,2-6H2,1H3. The van der Waals surface area contributed by atoms with Crippen LogP contribution < -0.4 is 0 Å². The zero-order chi connectivity index (χ0) is 11.7. The molecule has 3 atom stereocenters. The Morgan fingerprint density at radius 3 is 3.00 bits per heavy atom. The van der Waals surface area contributed by atoms with E-state index in [0.29, 0.717) is 12.0 Å². The molecule has 0 aromatic heterocycles. The molecule has 1 aliphatic heterocycles. The normalized spacial score (nSPS) is 33.2. The number of carbonyl (C=O) groups excluding carboxylic acids is 2. The first kappa shape index (κ1) is 11.2. The van der Waals surface area contributed by atoms with Gasteiger partial charge in [0.25, 0.3) is 0 Å². The summed E-state index contributed by atoms with van der Waals surface area (Å²) in [7, 11) is 0. The number of fused-ring (bicyclic) bond motifs is 1. The minimum atomic E-state index is -0.338. The second-order valence-corrected chi connectivity index (χ2v) is 4.31. The van der Waals surface area contributed by atoms with Gasteiger partial charge in [-0.25, -0.2) is 4.79 Å². The largest absolute Gasteiger partial charge is 0.458 e. The van der Waals surface area contributed by atoms with E-state index in [2.05, 4.69) is 6.58 Å². The zero-order valence-electron chi connectivity index (χ0n) is 9.40. The smallest absolute Gasteiger partial charge is 0.334 e. The minimum absolute atomic E-state index is 0.0379. The molecule has 2 rings (SSSR count). The van der Waals surface area contributed by atoms with Crippen molar-refractivity contribution in [1.82, 2.24) is 0 Å².